The van der Waals surface area contributed by atoms with Crippen molar-refractivity contribution in [3.05, 3.63) is 59.7 Å². The quantitative estimate of drug-likeness (QED) is 0.859. The molecule has 2 amide bonds. The summed E-state index contributed by atoms with van der Waals surface area (Å²) in [6, 6.07) is 14.2. The molecule has 0 heterocycles. The van der Waals surface area contributed by atoms with Crippen molar-refractivity contribution in [2.24, 2.45) is 5.73 Å². The van der Waals surface area contributed by atoms with Crippen LogP contribution in [0.2, 0.25) is 0 Å². The van der Waals surface area contributed by atoms with Crippen LogP contribution in [0, 0.1) is 0 Å². The van der Waals surface area contributed by atoms with Crippen LogP contribution in [0.1, 0.15) is 22.3 Å². The third-order valence-corrected chi connectivity index (χ3v) is 3.24. The summed E-state index contributed by atoms with van der Waals surface area (Å²) in [6.45, 7) is 0. The molecule has 0 unspecified atom stereocenters. The number of amides is 2. The van der Waals surface area contributed by atoms with E-state index in [-0.39, 0.29) is 5.91 Å². The second kappa shape index (κ2) is 7.26. The standard InChI is InChI=1S/C17H18N2O3/c1-22-13-6-4-5-12(11-13)9-10-16(20)19-15-8-3-2-7-14(15)17(18)21/h2-8,11H,9-10H2,1H3,(H2,18,21)(H,19,20). The van der Waals surface area contributed by atoms with Crippen LogP contribution in [0.3, 0.4) is 0 Å². The fourth-order valence-corrected chi connectivity index (χ4v) is 2.11. The second-order valence-corrected chi connectivity index (χ2v) is 4.81. The molecule has 0 spiro atoms. The maximum absolute atomic E-state index is 12.0. The Morgan fingerprint density at radius 1 is 1.14 bits per heavy atom. The molecule has 0 fully saturated rings. The Hall–Kier alpha value is -2.82. The van der Waals surface area contributed by atoms with E-state index in [1.807, 2.05) is 24.3 Å². The van der Waals surface area contributed by atoms with Crippen molar-refractivity contribution in [1.82, 2.24) is 0 Å². The van der Waals surface area contributed by atoms with Crippen LogP contribution in [0.15, 0.2) is 48.5 Å². The summed E-state index contributed by atoms with van der Waals surface area (Å²) >= 11 is 0. The highest BCUT2D eigenvalue weighted by molar-refractivity contribution is 6.02. The third kappa shape index (κ3) is 4.09. The van der Waals surface area contributed by atoms with Gasteiger partial charge in [0.15, 0.2) is 0 Å². The Bertz CT molecular complexity index is 683. The highest BCUT2D eigenvalue weighted by Crippen LogP contribution is 2.16. The number of anilines is 1. The summed E-state index contributed by atoms with van der Waals surface area (Å²) in [5.41, 5.74) is 7.03. The van der Waals surface area contributed by atoms with E-state index in [0.717, 1.165) is 11.3 Å². The van der Waals surface area contributed by atoms with Gasteiger partial charge in [0.2, 0.25) is 5.91 Å². The lowest BCUT2D eigenvalue weighted by Gasteiger charge is -2.09. The molecule has 5 heteroatoms. The van der Waals surface area contributed by atoms with Gasteiger partial charge in [-0.3, -0.25) is 9.59 Å². The number of rotatable bonds is 6. The monoisotopic (exact) mass is 298 g/mol. The number of para-hydroxylation sites is 1. The Labute approximate surface area is 129 Å². The smallest absolute Gasteiger partial charge is 0.250 e. The zero-order valence-electron chi connectivity index (χ0n) is 12.3. The summed E-state index contributed by atoms with van der Waals surface area (Å²) in [5.74, 6) is 0.0252. The van der Waals surface area contributed by atoms with E-state index in [9.17, 15) is 9.59 Å². The Morgan fingerprint density at radius 2 is 1.91 bits per heavy atom. The topological polar surface area (TPSA) is 81.4 Å². The fraction of sp³-hybridized carbons (Fsp3) is 0.176. The molecular formula is C17H18N2O3. The number of benzene rings is 2. The minimum absolute atomic E-state index is 0.170. The summed E-state index contributed by atoms with van der Waals surface area (Å²) in [5, 5.41) is 2.72. The first-order chi connectivity index (χ1) is 10.6. The molecule has 0 bridgehead atoms. The van der Waals surface area contributed by atoms with Crippen molar-refractivity contribution >= 4 is 17.5 Å². The minimum atomic E-state index is -0.566. The lowest BCUT2D eigenvalue weighted by atomic mass is 10.1. The van der Waals surface area contributed by atoms with Gasteiger partial charge in [-0.15, -0.1) is 0 Å². The summed E-state index contributed by atoms with van der Waals surface area (Å²) in [4.78, 5) is 23.3. The van der Waals surface area contributed by atoms with Gasteiger partial charge in [0.25, 0.3) is 5.91 Å². The van der Waals surface area contributed by atoms with Gasteiger partial charge in [-0.25, -0.2) is 0 Å². The minimum Gasteiger partial charge on any atom is -0.497 e. The summed E-state index contributed by atoms with van der Waals surface area (Å²) in [6.07, 6.45) is 0.891. The maximum Gasteiger partial charge on any atom is 0.250 e. The number of hydrogen-bond donors (Lipinski definition) is 2. The Morgan fingerprint density at radius 3 is 2.64 bits per heavy atom. The van der Waals surface area contributed by atoms with Crippen LogP contribution in [0.5, 0.6) is 5.75 Å². The number of methoxy groups -OCH3 is 1. The molecule has 0 radical (unpaired) electrons. The summed E-state index contributed by atoms with van der Waals surface area (Å²) in [7, 11) is 1.60. The molecule has 5 nitrogen and oxygen atoms in total. The zero-order chi connectivity index (χ0) is 15.9. The molecule has 0 saturated heterocycles. The molecule has 114 valence electrons. The van der Waals surface area contributed by atoms with Crippen LogP contribution in [0.4, 0.5) is 5.69 Å². The van der Waals surface area contributed by atoms with Crippen LogP contribution in [-0.4, -0.2) is 18.9 Å². The normalized spacial score (nSPS) is 10.0. The van der Waals surface area contributed by atoms with Crippen LogP contribution in [0.25, 0.3) is 0 Å². The van der Waals surface area contributed by atoms with Gasteiger partial charge in [-0.05, 0) is 36.2 Å². The first-order valence-electron chi connectivity index (χ1n) is 6.92. The SMILES string of the molecule is COc1cccc(CCC(=O)Nc2ccccc2C(N)=O)c1. The first-order valence-corrected chi connectivity index (χ1v) is 6.92. The number of aryl methyl sites for hydroxylation is 1. The van der Waals surface area contributed by atoms with E-state index in [4.69, 9.17) is 10.5 Å². The van der Waals surface area contributed by atoms with E-state index in [1.165, 1.54) is 0 Å². The summed E-state index contributed by atoms with van der Waals surface area (Å²) < 4.78 is 5.15. The van der Waals surface area contributed by atoms with Crippen molar-refractivity contribution in [1.29, 1.82) is 0 Å². The third-order valence-electron chi connectivity index (χ3n) is 3.24. The number of ether oxygens (including phenoxy) is 1. The van der Waals surface area contributed by atoms with Gasteiger partial charge in [-0.2, -0.15) is 0 Å². The van der Waals surface area contributed by atoms with Crippen molar-refractivity contribution in [3.63, 3.8) is 0 Å². The van der Waals surface area contributed by atoms with Crippen LogP contribution < -0.4 is 15.8 Å². The predicted octanol–water partition coefficient (Wildman–Crippen LogP) is 2.37. The largest absolute Gasteiger partial charge is 0.497 e. The van der Waals surface area contributed by atoms with Crippen molar-refractivity contribution in [2.75, 3.05) is 12.4 Å². The van der Waals surface area contributed by atoms with Crippen LogP contribution in [-0.2, 0) is 11.2 Å². The molecule has 3 N–H and O–H groups in total. The van der Waals surface area contributed by atoms with E-state index in [2.05, 4.69) is 5.32 Å². The molecule has 0 atom stereocenters. The highest BCUT2D eigenvalue weighted by Gasteiger charge is 2.10. The van der Waals surface area contributed by atoms with E-state index in [1.54, 1.807) is 31.4 Å². The molecule has 0 aliphatic heterocycles. The number of nitrogens with two attached hydrogens (primary N) is 1. The Balaban J connectivity index is 1.97. The van der Waals surface area contributed by atoms with Gasteiger partial charge in [0.1, 0.15) is 5.75 Å². The average molecular weight is 298 g/mol. The number of carbonyl (C=O) groups excluding carboxylic acids is 2. The second-order valence-electron chi connectivity index (χ2n) is 4.81. The molecule has 22 heavy (non-hydrogen) atoms. The molecule has 0 saturated carbocycles. The predicted molar refractivity (Wildman–Crippen MR) is 84.9 cm³/mol. The number of carbonyl (C=O) groups is 2. The lowest BCUT2D eigenvalue weighted by molar-refractivity contribution is -0.116. The molecule has 0 aliphatic carbocycles. The first kappa shape index (κ1) is 15.6. The molecule has 0 aliphatic rings. The zero-order valence-corrected chi connectivity index (χ0v) is 12.3. The lowest BCUT2D eigenvalue weighted by Crippen LogP contribution is -2.18. The van der Waals surface area contributed by atoms with Crippen LogP contribution >= 0.6 is 0 Å². The van der Waals surface area contributed by atoms with E-state index in [0.29, 0.717) is 24.1 Å². The van der Waals surface area contributed by atoms with Gasteiger partial charge in [0.05, 0.1) is 18.4 Å². The van der Waals surface area contributed by atoms with Crippen molar-refractivity contribution in [3.8, 4) is 5.75 Å². The van der Waals surface area contributed by atoms with Crippen molar-refractivity contribution < 1.29 is 14.3 Å². The molecule has 2 aromatic rings. The molecular weight excluding hydrogens is 280 g/mol. The molecule has 2 aromatic carbocycles. The molecule has 2 rings (SSSR count). The van der Waals surface area contributed by atoms with Gasteiger partial charge < -0.3 is 15.8 Å². The van der Waals surface area contributed by atoms with E-state index < -0.39 is 5.91 Å². The number of nitrogens with one attached hydrogen (secondary N) is 1. The maximum atomic E-state index is 12.0. The fourth-order valence-electron chi connectivity index (χ4n) is 2.11. The Kier molecular flexibility index (Phi) is 5.14. The van der Waals surface area contributed by atoms with Crippen molar-refractivity contribution in [2.45, 2.75) is 12.8 Å². The van der Waals surface area contributed by atoms with Gasteiger partial charge in [0, 0.05) is 6.42 Å². The average Bonchev–Trinajstić information content (AvgIpc) is 2.53. The van der Waals surface area contributed by atoms with Gasteiger partial charge in [-0.1, -0.05) is 24.3 Å². The number of hydrogen-bond acceptors (Lipinski definition) is 3. The van der Waals surface area contributed by atoms with Gasteiger partial charge >= 0.3 is 0 Å². The highest BCUT2D eigenvalue weighted by atomic mass is 16.5. The van der Waals surface area contributed by atoms with E-state index >= 15 is 0 Å². The molecule has 0 aromatic heterocycles. The number of primary amides is 1.